The van der Waals surface area contributed by atoms with Crippen molar-refractivity contribution in [2.24, 2.45) is 0 Å². The van der Waals surface area contributed by atoms with Gasteiger partial charge in [0.25, 0.3) is 0 Å². The Morgan fingerprint density at radius 1 is 1.25 bits per heavy atom. The highest BCUT2D eigenvalue weighted by atomic mass is 16.6. The van der Waals surface area contributed by atoms with Crippen molar-refractivity contribution in [2.75, 3.05) is 6.54 Å². The maximum absolute atomic E-state index is 12.4. The van der Waals surface area contributed by atoms with Gasteiger partial charge in [0.05, 0.1) is 5.54 Å². The van der Waals surface area contributed by atoms with Gasteiger partial charge in [-0.15, -0.1) is 0 Å². The molecule has 1 aliphatic heterocycles. The van der Waals surface area contributed by atoms with Crippen LogP contribution < -0.4 is 0 Å². The number of carbonyl (C=O) groups excluding carboxylic acids is 1. The van der Waals surface area contributed by atoms with Crippen LogP contribution in [0.25, 0.3) is 0 Å². The van der Waals surface area contributed by atoms with Crippen molar-refractivity contribution in [1.82, 2.24) is 4.90 Å². The summed E-state index contributed by atoms with van der Waals surface area (Å²) < 4.78 is 5.55. The summed E-state index contributed by atoms with van der Waals surface area (Å²) in [7, 11) is 0. The van der Waals surface area contributed by atoms with Crippen LogP contribution in [-0.4, -0.2) is 23.1 Å². The number of aryl methyl sites for hydroxylation is 1. The lowest BCUT2D eigenvalue weighted by atomic mass is 9.89. The number of likely N-dealkylation sites (tertiary alicyclic amines) is 1. The fraction of sp³-hybridized carbons (Fsp3) is 0.588. The summed E-state index contributed by atoms with van der Waals surface area (Å²) in [6.45, 7) is 10.7. The van der Waals surface area contributed by atoms with Gasteiger partial charge in [0.1, 0.15) is 5.60 Å². The highest BCUT2D eigenvalue weighted by Crippen LogP contribution is 2.39. The van der Waals surface area contributed by atoms with E-state index < -0.39 is 5.60 Å². The Labute approximate surface area is 121 Å². The Morgan fingerprint density at radius 3 is 2.40 bits per heavy atom. The first-order valence-electron chi connectivity index (χ1n) is 7.30. The van der Waals surface area contributed by atoms with E-state index in [1.165, 1.54) is 11.1 Å². The Hall–Kier alpha value is -1.51. The fourth-order valence-electron chi connectivity index (χ4n) is 2.79. The van der Waals surface area contributed by atoms with Crippen molar-refractivity contribution in [1.29, 1.82) is 0 Å². The molecule has 0 aliphatic carbocycles. The van der Waals surface area contributed by atoms with E-state index in [1.807, 2.05) is 25.7 Å². The molecule has 1 fully saturated rings. The molecule has 0 bridgehead atoms. The maximum atomic E-state index is 12.4. The molecule has 1 amide bonds. The Kier molecular flexibility index (Phi) is 3.81. The zero-order valence-electron chi connectivity index (χ0n) is 13.2. The van der Waals surface area contributed by atoms with Crippen molar-refractivity contribution < 1.29 is 9.53 Å². The summed E-state index contributed by atoms with van der Waals surface area (Å²) in [5.74, 6) is 0. The molecule has 3 nitrogen and oxygen atoms in total. The van der Waals surface area contributed by atoms with Gasteiger partial charge in [0.2, 0.25) is 0 Å². The Bertz CT molecular complexity index is 487. The molecule has 0 aromatic heterocycles. The molecule has 1 heterocycles. The standard InChI is InChI=1S/C17H25NO2/c1-13-7-9-14(10-8-13)17(5)11-6-12-18(17)15(19)20-16(2,3)4/h7-10H,6,11-12H2,1-5H3. The minimum absolute atomic E-state index is 0.210. The number of rotatable bonds is 1. The molecule has 1 aliphatic rings. The monoisotopic (exact) mass is 275 g/mol. The predicted octanol–water partition coefficient (Wildman–Crippen LogP) is 4.24. The van der Waals surface area contributed by atoms with E-state index in [2.05, 4.69) is 38.1 Å². The smallest absolute Gasteiger partial charge is 0.411 e. The molecular formula is C17H25NO2. The Morgan fingerprint density at radius 2 is 1.85 bits per heavy atom. The largest absolute Gasteiger partial charge is 0.444 e. The third kappa shape index (κ3) is 2.97. The van der Waals surface area contributed by atoms with E-state index in [9.17, 15) is 4.79 Å². The molecule has 1 aromatic carbocycles. The minimum atomic E-state index is -0.451. The summed E-state index contributed by atoms with van der Waals surface area (Å²) in [6, 6.07) is 8.45. The third-order valence-corrected chi connectivity index (χ3v) is 3.93. The van der Waals surface area contributed by atoms with Crippen LogP contribution in [0.15, 0.2) is 24.3 Å². The first kappa shape index (κ1) is 14.9. The molecule has 1 unspecified atom stereocenters. The average molecular weight is 275 g/mol. The Balaban J connectivity index is 2.25. The SMILES string of the molecule is Cc1ccc(C2(C)CCCN2C(=O)OC(C)(C)C)cc1. The van der Waals surface area contributed by atoms with E-state index in [1.54, 1.807) is 0 Å². The van der Waals surface area contributed by atoms with Crippen molar-refractivity contribution in [3.8, 4) is 0 Å². The van der Waals surface area contributed by atoms with Crippen LogP contribution in [0.2, 0.25) is 0 Å². The molecule has 20 heavy (non-hydrogen) atoms. The summed E-state index contributed by atoms with van der Waals surface area (Å²) in [5, 5.41) is 0. The van der Waals surface area contributed by atoms with Gasteiger partial charge >= 0.3 is 6.09 Å². The molecule has 0 radical (unpaired) electrons. The maximum Gasteiger partial charge on any atom is 0.411 e. The second-order valence-corrected chi connectivity index (χ2v) is 6.88. The predicted molar refractivity (Wildman–Crippen MR) is 80.7 cm³/mol. The van der Waals surface area contributed by atoms with E-state index in [0.717, 1.165) is 19.4 Å². The third-order valence-electron chi connectivity index (χ3n) is 3.93. The molecular weight excluding hydrogens is 250 g/mol. The number of ether oxygens (including phenoxy) is 1. The van der Waals surface area contributed by atoms with Crippen molar-refractivity contribution in [3.63, 3.8) is 0 Å². The number of hydrogen-bond acceptors (Lipinski definition) is 2. The molecule has 0 saturated carbocycles. The zero-order valence-corrected chi connectivity index (χ0v) is 13.2. The summed E-state index contributed by atoms with van der Waals surface area (Å²) in [5.41, 5.74) is 1.72. The van der Waals surface area contributed by atoms with Gasteiger partial charge in [-0.05, 0) is 53.0 Å². The molecule has 0 spiro atoms. The van der Waals surface area contributed by atoms with Gasteiger partial charge in [-0.1, -0.05) is 29.8 Å². The summed E-state index contributed by atoms with van der Waals surface area (Å²) >= 11 is 0. The summed E-state index contributed by atoms with van der Waals surface area (Å²) in [6.07, 6.45) is 1.79. The number of carbonyl (C=O) groups is 1. The number of nitrogens with zero attached hydrogens (tertiary/aromatic N) is 1. The van der Waals surface area contributed by atoms with Gasteiger partial charge in [-0.25, -0.2) is 4.79 Å². The van der Waals surface area contributed by atoms with Gasteiger partial charge in [-0.2, -0.15) is 0 Å². The normalized spacial score (nSPS) is 22.9. The van der Waals surface area contributed by atoms with Crippen LogP contribution in [0.5, 0.6) is 0 Å². The van der Waals surface area contributed by atoms with E-state index in [4.69, 9.17) is 4.74 Å². The van der Waals surface area contributed by atoms with Crippen LogP contribution in [0.1, 0.15) is 51.7 Å². The van der Waals surface area contributed by atoms with Gasteiger partial charge in [0, 0.05) is 6.54 Å². The molecule has 1 saturated heterocycles. The lowest BCUT2D eigenvalue weighted by Crippen LogP contribution is -2.45. The molecule has 2 rings (SSSR count). The van der Waals surface area contributed by atoms with Crippen LogP contribution in [0.3, 0.4) is 0 Å². The van der Waals surface area contributed by atoms with Crippen molar-refractivity contribution >= 4 is 6.09 Å². The molecule has 0 N–H and O–H groups in total. The number of amides is 1. The van der Waals surface area contributed by atoms with Crippen molar-refractivity contribution in [2.45, 2.75) is 58.6 Å². The van der Waals surface area contributed by atoms with Crippen LogP contribution in [-0.2, 0) is 10.3 Å². The lowest BCUT2D eigenvalue weighted by molar-refractivity contribution is 0.00994. The van der Waals surface area contributed by atoms with Gasteiger partial charge < -0.3 is 4.74 Å². The van der Waals surface area contributed by atoms with Crippen LogP contribution in [0, 0.1) is 6.92 Å². The highest BCUT2D eigenvalue weighted by molar-refractivity contribution is 5.70. The first-order valence-corrected chi connectivity index (χ1v) is 7.30. The van der Waals surface area contributed by atoms with Crippen LogP contribution >= 0.6 is 0 Å². The summed E-state index contributed by atoms with van der Waals surface area (Å²) in [4.78, 5) is 14.3. The quantitative estimate of drug-likeness (QED) is 0.767. The minimum Gasteiger partial charge on any atom is -0.444 e. The fourth-order valence-corrected chi connectivity index (χ4v) is 2.79. The van der Waals surface area contributed by atoms with E-state index in [-0.39, 0.29) is 11.6 Å². The average Bonchev–Trinajstić information content (AvgIpc) is 2.71. The molecule has 110 valence electrons. The zero-order chi connectivity index (χ0) is 15.0. The number of benzene rings is 1. The first-order chi connectivity index (χ1) is 9.22. The van der Waals surface area contributed by atoms with Crippen molar-refractivity contribution in [3.05, 3.63) is 35.4 Å². The molecule has 1 aromatic rings. The van der Waals surface area contributed by atoms with E-state index >= 15 is 0 Å². The lowest BCUT2D eigenvalue weighted by Gasteiger charge is -2.36. The second kappa shape index (κ2) is 5.12. The number of hydrogen-bond donors (Lipinski definition) is 0. The highest BCUT2D eigenvalue weighted by Gasteiger charge is 2.42. The topological polar surface area (TPSA) is 29.5 Å². The van der Waals surface area contributed by atoms with Crippen LogP contribution in [0.4, 0.5) is 4.79 Å². The van der Waals surface area contributed by atoms with Gasteiger partial charge in [0.15, 0.2) is 0 Å². The molecule has 3 heteroatoms. The van der Waals surface area contributed by atoms with Gasteiger partial charge in [-0.3, -0.25) is 4.90 Å². The molecule has 1 atom stereocenters. The van der Waals surface area contributed by atoms with E-state index in [0.29, 0.717) is 0 Å². The second-order valence-electron chi connectivity index (χ2n) is 6.88.